The molecule has 0 unspecified atom stereocenters. The minimum atomic E-state index is -1.43. The molecule has 0 aliphatic carbocycles. The second kappa shape index (κ2) is 8.18. The molecule has 9 heteroatoms. The molecule has 2 saturated heterocycles. The lowest BCUT2D eigenvalue weighted by atomic mass is 9.76. The van der Waals surface area contributed by atoms with Gasteiger partial charge in [-0.3, -0.25) is 19.7 Å². The summed E-state index contributed by atoms with van der Waals surface area (Å²) in [6.07, 6.45) is 2.37. The van der Waals surface area contributed by atoms with Crippen molar-refractivity contribution in [3.63, 3.8) is 0 Å². The third-order valence-electron chi connectivity index (χ3n) is 8.13. The fourth-order valence-electron chi connectivity index (χ4n) is 6.51. The Balaban J connectivity index is 1.38. The van der Waals surface area contributed by atoms with Crippen molar-refractivity contribution in [2.24, 2.45) is 11.8 Å². The zero-order chi connectivity index (χ0) is 26.2. The normalized spacial score (nSPS) is 25.8. The number of carbonyl (C=O) groups excluding carboxylic acids is 3. The summed E-state index contributed by atoms with van der Waals surface area (Å²) in [6, 6.07) is 19.5. The van der Waals surface area contributed by atoms with Crippen LogP contribution < -0.4 is 20.3 Å². The summed E-state index contributed by atoms with van der Waals surface area (Å²) < 4.78 is 5.34. The van der Waals surface area contributed by atoms with Gasteiger partial charge in [0.2, 0.25) is 17.7 Å². The Morgan fingerprint density at radius 2 is 1.82 bits per heavy atom. The van der Waals surface area contributed by atoms with Gasteiger partial charge in [0.1, 0.15) is 11.3 Å². The molecule has 4 atom stereocenters. The highest BCUT2D eigenvalue weighted by Crippen LogP contribution is 2.55. The molecule has 7 rings (SSSR count). The predicted molar refractivity (Wildman–Crippen MR) is 143 cm³/mol. The van der Waals surface area contributed by atoms with Gasteiger partial charge in [0.15, 0.2) is 0 Å². The number of rotatable bonds is 4. The van der Waals surface area contributed by atoms with E-state index in [2.05, 4.69) is 15.6 Å². The van der Waals surface area contributed by atoms with E-state index in [1.165, 1.54) is 12.0 Å². The first-order chi connectivity index (χ1) is 18.4. The first kappa shape index (κ1) is 23.0. The number of H-pyrrole nitrogens is 1. The van der Waals surface area contributed by atoms with Crippen molar-refractivity contribution >= 4 is 51.6 Å². The molecule has 3 aliphatic heterocycles. The average molecular weight is 527 g/mol. The fourth-order valence-corrected chi connectivity index (χ4v) is 6.73. The second-order valence-electron chi connectivity index (χ2n) is 9.96. The lowest BCUT2D eigenvalue weighted by Crippen LogP contribution is -2.53. The third-order valence-corrected chi connectivity index (χ3v) is 8.44. The molecule has 4 heterocycles. The average Bonchev–Trinajstić information content (AvgIpc) is 3.64. The largest absolute Gasteiger partial charge is 0.497 e. The minimum Gasteiger partial charge on any atom is -0.497 e. The summed E-state index contributed by atoms with van der Waals surface area (Å²) >= 11 is 6.46. The Kier molecular flexibility index (Phi) is 4.95. The quantitative estimate of drug-likeness (QED) is 0.349. The standard InChI is InChI=1S/C29H23ClN4O4/c1-38-17-7-4-6-16(13-17)34-26(35)23-22(12-15-14-31-21-11-3-2-8-18(15)21)33-29(24(23)27(34)36)19-9-5-10-20(30)25(19)32-28(29)37/h2-11,13-14,22-24,31,33H,12H2,1H3,(H,32,37)/t22-,23-,24+,29+/m1/s1. The highest BCUT2D eigenvalue weighted by Gasteiger charge is 2.70. The molecule has 3 N–H and O–H groups in total. The fraction of sp³-hybridized carbons (Fsp3) is 0.207. The Labute approximate surface area is 222 Å². The van der Waals surface area contributed by atoms with E-state index in [1.807, 2.05) is 30.5 Å². The number of nitrogens with one attached hydrogen (secondary N) is 3. The van der Waals surface area contributed by atoms with Crippen LogP contribution >= 0.6 is 11.6 Å². The van der Waals surface area contributed by atoms with Crippen LogP contribution in [0.15, 0.2) is 72.9 Å². The van der Waals surface area contributed by atoms with Crippen LogP contribution in [0.25, 0.3) is 10.9 Å². The SMILES string of the molecule is COc1cccc(N2C(=O)[C@H]3[C@@H](C2=O)[C@]2(N[C@@H]3Cc3c[nH]c4ccccc34)C(=O)Nc3c(Cl)cccc32)c1. The molecule has 3 aromatic carbocycles. The van der Waals surface area contributed by atoms with Gasteiger partial charge >= 0.3 is 0 Å². The smallest absolute Gasteiger partial charge is 0.250 e. The minimum absolute atomic E-state index is 0.342. The zero-order valence-electron chi connectivity index (χ0n) is 20.3. The Hall–Kier alpha value is -4.14. The first-order valence-electron chi connectivity index (χ1n) is 12.4. The molecule has 0 bridgehead atoms. The van der Waals surface area contributed by atoms with Crippen LogP contribution in [-0.2, 0) is 26.3 Å². The molecule has 190 valence electrons. The molecule has 4 aromatic rings. The molecule has 0 saturated carbocycles. The lowest BCUT2D eigenvalue weighted by Gasteiger charge is -2.29. The number of carbonyl (C=O) groups is 3. The number of benzene rings is 3. The Morgan fingerprint density at radius 1 is 1.00 bits per heavy atom. The number of fused-ring (bicyclic) bond motifs is 5. The highest BCUT2D eigenvalue weighted by atomic mass is 35.5. The van der Waals surface area contributed by atoms with E-state index in [4.69, 9.17) is 16.3 Å². The van der Waals surface area contributed by atoms with Gasteiger partial charge in [-0.1, -0.05) is 48.0 Å². The van der Waals surface area contributed by atoms with Gasteiger partial charge in [-0.15, -0.1) is 0 Å². The number of nitrogens with zero attached hydrogens (tertiary/aromatic N) is 1. The van der Waals surface area contributed by atoms with E-state index >= 15 is 0 Å². The summed E-state index contributed by atoms with van der Waals surface area (Å²) in [7, 11) is 1.53. The van der Waals surface area contributed by atoms with Crippen LogP contribution in [-0.4, -0.2) is 35.9 Å². The third kappa shape index (κ3) is 2.98. The molecule has 2 fully saturated rings. The Bertz CT molecular complexity index is 1670. The summed E-state index contributed by atoms with van der Waals surface area (Å²) in [4.78, 5) is 46.5. The van der Waals surface area contributed by atoms with Crippen LogP contribution in [0.5, 0.6) is 5.75 Å². The number of para-hydroxylation sites is 2. The van der Waals surface area contributed by atoms with Crippen LogP contribution in [0, 0.1) is 11.8 Å². The summed E-state index contributed by atoms with van der Waals surface area (Å²) in [5.74, 6) is -2.34. The van der Waals surface area contributed by atoms with Gasteiger partial charge in [-0.25, -0.2) is 4.90 Å². The monoisotopic (exact) mass is 526 g/mol. The van der Waals surface area contributed by atoms with E-state index in [0.29, 0.717) is 34.1 Å². The molecule has 1 spiro atoms. The maximum Gasteiger partial charge on any atom is 0.250 e. The molecule has 3 amide bonds. The van der Waals surface area contributed by atoms with E-state index < -0.39 is 29.3 Å². The van der Waals surface area contributed by atoms with Gasteiger partial charge in [-0.2, -0.15) is 0 Å². The van der Waals surface area contributed by atoms with Crippen molar-refractivity contribution in [3.8, 4) is 5.75 Å². The molecule has 0 radical (unpaired) electrons. The molecule has 38 heavy (non-hydrogen) atoms. The number of methoxy groups -OCH3 is 1. The van der Waals surface area contributed by atoms with Gasteiger partial charge in [-0.05, 0) is 36.2 Å². The lowest BCUT2D eigenvalue weighted by molar-refractivity contribution is -0.130. The summed E-state index contributed by atoms with van der Waals surface area (Å²) in [5.41, 5.74) is 2.02. The molecular weight excluding hydrogens is 504 g/mol. The maximum atomic E-state index is 14.2. The topological polar surface area (TPSA) is 104 Å². The maximum absolute atomic E-state index is 14.2. The van der Waals surface area contributed by atoms with E-state index in [9.17, 15) is 14.4 Å². The van der Waals surface area contributed by atoms with Crippen LogP contribution in [0.3, 0.4) is 0 Å². The number of aromatic amines is 1. The summed E-state index contributed by atoms with van der Waals surface area (Å²) in [5, 5.41) is 7.79. The van der Waals surface area contributed by atoms with Gasteiger partial charge in [0, 0.05) is 34.8 Å². The zero-order valence-corrected chi connectivity index (χ0v) is 21.1. The number of hydrogen-bond acceptors (Lipinski definition) is 5. The van der Waals surface area contributed by atoms with Crippen molar-refractivity contribution in [2.75, 3.05) is 17.3 Å². The van der Waals surface area contributed by atoms with Crippen LogP contribution in [0.2, 0.25) is 5.02 Å². The number of imide groups is 1. The van der Waals surface area contributed by atoms with Crippen molar-refractivity contribution in [2.45, 2.75) is 18.0 Å². The Morgan fingerprint density at radius 3 is 2.66 bits per heavy atom. The summed E-state index contributed by atoms with van der Waals surface area (Å²) in [6.45, 7) is 0. The number of amides is 3. The predicted octanol–water partition coefficient (Wildman–Crippen LogP) is 4.00. The van der Waals surface area contributed by atoms with Crippen molar-refractivity contribution in [1.82, 2.24) is 10.3 Å². The number of halogens is 1. The van der Waals surface area contributed by atoms with Crippen molar-refractivity contribution < 1.29 is 19.1 Å². The van der Waals surface area contributed by atoms with Gasteiger partial charge in [0.05, 0.1) is 35.3 Å². The number of ether oxygens (including phenoxy) is 1. The van der Waals surface area contributed by atoms with E-state index in [-0.39, 0.29) is 11.8 Å². The van der Waals surface area contributed by atoms with E-state index in [1.54, 1.807) is 42.5 Å². The van der Waals surface area contributed by atoms with Crippen LogP contribution in [0.4, 0.5) is 11.4 Å². The van der Waals surface area contributed by atoms with Crippen LogP contribution in [0.1, 0.15) is 11.1 Å². The van der Waals surface area contributed by atoms with Crippen molar-refractivity contribution in [1.29, 1.82) is 0 Å². The van der Waals surface area contributed by atoms with Crippen molar-refractivity contribution in [3.05, 3.63) is 89.1 Å². The molecular formula is C29H23ClN4O4. The number of aromatic nitrogens is 1. The van der Waals surface area contributed by atoms with Gasteiger partial charge < -0.3 is 15.0 Å². The highest BCUT2D eigenvalue weighted by molar-refractivity contribution is 6.35. The second-order valence-corrected chi connectivity index (χ2v) is 10.4. The molecule has 3 aliphatic rings. The molecule has 8 nitrogen and oxygen atoms in total. The number of anilines is 2. The first-order valence-corrected chi connectivity index (χ1v) is 12.8. The number of hydrogen-bond donors (Lipinski definition) is 3. The van der Waals surface area contributed by atoms with Gasteiger partial charge in [0.25, 0.3) is 0 Å². The molecule has 1 aromatic heterocycles. The van der Waals surface area contributed by atoms with E-state index in [0.717, 1.165) is 16.5 Å².